The van der Waals surface area contributed by atoms with Gasteiger partial charge in [0.1, 0.15) is 12.8 Å². The van der Waals surface area contributed by atoms with Gasteiger partial charge in [0.15, 0.2) is 24.1 Å². The molecule has 0 spiro atoms. The number of nitrogens with zero attached hydrogens (tertiary/aromatic N) is 2. The Morgan fingerprint density at radius 1 is 1.25 bits per heavy atom. The molecular weight excluding hydrogens is 430 g/mol. The number of anilines is 1. The average molecular weight is 461 g/mol. The number of esters is 1. The summed E-state index contributed by atoms with van der Waals surface area (Å²) in [5.41, 5.74) is -0.936. The molecule has 3 saturated heterocycles. The molecule has 2 atom stereocenters. The van der Waals surface area contributed by atoms with Crippen LogP contribution in [0.25, 0.3) is 0 Å². The van der Waals surface area contributed by atoms with Crippen molar-refractivity contribution in [3.8, 4) is 0 Å². The smallest absolute Gasteiger partial charge is 0.343 e. The second-order valence-electron chi connectivity index (χ2n) is 9.60. The third-order valence-corrected chi connectivity index (χ3v) is 8.39. The number of piperidine rings is 3. The fraction of sp³-hybridized carbons (Fsp3) is 0.609. The van der Waals surface area contributed by atoms with Gasteiger partial charge < -0.3 is 24.2 Å². The predicted molar refractivity (Wildman–Crippen MR) is 118 cm³/mol. The van der Waals surface area contributed by atoms with E-state index < -0.39 is 11.6 Å². The van der Waals surface area contributed by atoms with E-state index in [0.717, 1.165) is 51.6 Å². The van der Waals surface area contributed by atoms with Crippen molar-refractivity contribution in [2.45, 2.75) is 50.2 Å². The molecule has 2 aromatic rings. The largest absolute Gasteiger partial charge is 0.454 e. The van der Waals surface area contributed by atoms with Crippen molar-refractivity contribution in [3.05, 3.63) is 34.7 Å². The molecule has 1 amide bonds. The van der Waals surface area contributed by atoms with E-state index >= 15 is 0 Å². The molecule has 3 aliphatic heterocycles. The molecule has 32 heavy (non-hydrogen) atoms. The molecule has 1 aliphatic carbocycles. The third kappa shape index (κ3) is 3.97. The molecule has 4 aliphatic rings. The minimum atomic E-state index is -1.59. The highest BCUT2D eigenvalue weighted by atomic mass is 32.1. The summed E-state index contributed by atoms with van der Waals surface area (Å²) in [6.45, 7) is 2.70. The number of aromatic nitrogens is 1. The second-order valence-corrected chi connectivity index (χ2v) is 10.4. The summed E-state index contributed by atoms with van der Waals surface area (Å²) in [5.74, 6) is -0.0628. The Hall–Kier alpha value is -2.23. The van der Waals surface area contributed by atoms with Gasteiger partial charge in [-0.1, -0.05) is 18.0 Å². The van der Waals surface area contributed by atoms with Crippen LogP contribution in [-0.4, -0.2) is 58.9 Å². The Bertz CT molecular complexity index is 933. The number of ether oxygens (including phenoxy) is 1. The summed E-state index contributed by atoms with van der Waals surface area (Å²) >= 11 is 1.48. The van der Waals surface area contributed by atoms with Crippen LogP contribution in [0.15, 0.2) is 33.7 Å². The lowest BCUT2D eigenvalue weighted by molar-refractivity contribution is -0.939. The van der Waals surface area contributed by atoms with E-state index in [9.17, 15) is 14.7 Å². The number of fused-ring (bicyclic) bond motifs is 3. The molecule has 2 N–H and O–H groups in total. The lowest BCUT2D eigenvalue weighted by Gasteiger charge is -2.51. The van der Waals surface area contributed by atoms with Gasteiger partial charge in [-0.3, -0.25) is 4.79 Å². The van der Waals surface area contributed by atoms with Crippen molar-refractivity contribution < 1.29 is 28.4 Å². The van der Waals surface area contributed by atoms with Crippen LogP contribution in [0.4, 0.5) is 5.82 Å². The SMILES string of the molecule is O=C(C[N+]12CCC(CC1)C(OC(=O)[C@](O)(c1ccsc1)C1CCCC1)C2)Nc1ccon1. The standard InChI is InChI=1S/C23H29N3O5S/c27-21(24-20-7-11-30-25-20)14-26-9-5-16(6-10-26)19(13-26)31-22(28)23(29,17-3-1-2-4-17)18-8-12-32-15-18/h7-8,11-12,15-17,19,29H,1-6,9-10,13-14H2/p+1/t16?,19?,23-,26?/m1/s1. The Labute approximate surface area is 191 Å². The maximum absolute atomic E-state index is 13.5. The summed E-state index contributed by atoms with van der Waals surface area (Å²) in [5, 5.41) is 21.9. The van der Waals surface area contributed by atoms with Crippen molar-refractivity contribution in [3.63, 3.8) is 0 Å². The number of amides is 1. The van der Waals surface area contributed by atoms with Crippen LogP contribution < -0.4 is 5.32 Å². The highest BCUT2D eigenvalue weighted by molar-refractivity contribution is 7.08. The van der Waals surface area contributed by atoms with Crippen molar-refractivity contribution in [1.82, 2.24) is 5.16 Å². The van der Waals surface area contributed by atoms with Gasteiger partial charge in [-0.25, -0.2) is 4.79 Å². The van der Waals surface area contributed by atoms with Gasteiger partial charge in [-0.05, 0) is 29.7 Å². The van der Waals surface area contributed by atoms with E-state index in [0.29, 0.717) is 29.0 Å². The number of nitrogens with one attached hydrogen (secondary N) is 1. The van der Waals surface area contributed by atoms with Gasteiger partial charge in [0.25, 0.3) is 5.91 Å². The molecule has 0 aromatic carbocycles. The Morgan fingerprint density at radius 3 is 2.69 bits per heavy atom. The number of carbonyl (C=O) groups excluding carboxylic acids is 2. The van der Waals surface area contributed by atoms with Crippen LogP contribution in [-0.2, 0) is 19.9 Å². The van der Waals surface area contributed by atoms with Gasteiger partial charge in [0.2, 0.25) is 0 Å². The first-order valence-corrected chi connectivity index (χ1v) is 12.4. The molecule has 172 valence electrons. The van der Waals surface area contributed by atoms with E-state index in [-0.39, 0.29) is 23.8 Å². The van der Waals surface area contributed by atoms with Crippen molar-refractivity contribution >= 4 is 29.0 Å². The van der Waals surface area contributed by atoms with E-state index in [2.05, 4.69) is 10.5 Å². The zero-order chi connectivity index (χ0) is 22.2. The van der Waals surface area contributed by atoms with Gasteiger partial charge in [0, 0.05) is 36.3 Å². The van der Waals surface area contributed by atoms with Crippen LogP contribution in [0.3, 0.4) is 0 Å². The van der Waals surface area contributed by atoms with Gasteiger partial charge in [-0.2, -0.15) is 11.3 Å². The van der Waals surface area contributed by atoms with E-state index in [4.69, 9.17) is 9.26 Å². The highest BCUT2D eigenvalue weighted by Crippen LogP contribution is 2.43. The number of rotatable bonds is 7. The Balaban J connectivity index is 1.29. The van der Waals surface area contributed by atoms with E-state index in [1.165, 1.54) is 17.6 Å². The molecule has 1 saturated carbocycles. The van der Waals surface area contributed by atoms with Gasteiger partial charge in [0.05, 0.1) is 13.1 Å². The third-order valence-electron chi connectivity index (χ3n) is 7.70. The maximum atomic E-state index is 13.5. The van der Waals surface area contributed by atoms with Crippen molar-refractivity contribution in [2.24, 2.45) is 11.8 Å². The number of hydrogen-bond donors (Lipinski definition) is 2. The van der Waals surface area contributed by atoms with Gasteiger partial charge in [-0.15, -0.1) is 0 Å². The molecule has 1 unspecified atom stereocenters. The lowest BCUT2D eigenvalue weighted by atomic mass is 9.80. The molecule has 9 heteroatoms. The summed E-state index contributed by atoms with van der Waals surface area (Å²) in [7, 11) is 0. The van der Waals surface area contributed by atoms with Gasteiger partial charge >= 0.3 is 5.97 Å². The average Bonchev–Trinajstić information content (AvgIpc) is 3.57. The highest BCUT2D eigenvalue weighted by Gasteiger charge is 2.53. The first-order chi connectivity index (χ1) is 15.5. The number of quaternary nitrogens is 1. The van der Waals surface area contributed by atoms with E-state index in [1.807, 2.05) is 16.8 Å². The van der Waals surface area contributed by atoms with Crippen LogP contribution in [0.2, 0.25) is 0 Å². The Morgan fingerprint density at radius 2 is 2.03 bits per heavy atom. The van der Waals surface area contributed by atoms with Crippen LogP contribution >= 0.6 is 11.3 Å². The number of carbonyl (C=O) groups is 2. The Kier molecular flexibility index (Phi) is 5.81. The zero-order valence-electron chi connectivity index (χ0n) is 18.1. The minimum Gasteiger partial charge on any atom is -0.454 e. The number of thiophene rings is 1. The fourth-order valence-electron chi connectivity index (χ4n) is 5.91. The molecule has 0 radical (unpaired) electrons. The quantitative estimate of drug-likeness (QED) is 0.487. The summed E-state index contributed by atoms with van der Waals surface area (Å²) in [6.07, 6.45) is 6.67. The van der Waals surface area contributed by atoms with E-state index in [1.54, 1.807) is 6.07 Å². The minimum absolute atomic E-state index is 0.109. The molecule has 2 bridgehead atoms. The molecule has 4 fully saturated rings. The normalized spacial score (nSPS) is 29.5. The summed E-state index contributed by atoms with van der Waals surface area (Å²) in [6, 6.07) is 3.45. The summed E-state index contributed by atoms with van der Waals surface area (Å²) < 4.78 is 11.5. The summed E-state index contributed by atoms with van der Waals surface area (Å²) in [4.78, 5) is 26.1. The van der Waals surface area contributed by atoms with Crippen molar-refractivity contribution in [1.29, 1.82) is 0 Å². The molecular formula is C23H30N3O5S+. The molecule has 5 heterocycles. The first-order valence-electron chi connectivity index (χ1n) is 11.5. The monoisotopic (exact) mass is 460 g/mol. The molecule has 8 nitrogen and oxygen atoms in total. The number of hydrogen-bond acceptors (Lipinski definition) is 7. The zero-order valence-corrected chi connectivity index (χ0v) is 18.9. The molecule has 6 rings (SSSR count). The lowest BCUT2D eigenvalue weighted by Crippen LogP contribution is -2.66. The van der Waals surface area contributed by atoms with Crippen molar-refractivity contribution in [2.75, 3.05) is 31.5 Å². The fourth-order valence-corrected chi connectivity index (χ4v) is 6.62. The van der Waals surface area contributed by atoms with Crippen LogP contribution in [0.5, 0.6) is 0 Å². The number of aliphatic hydroxyl groups is 1. The van der Waals surface area contributed by atoms with Crippen LogP contribution in [0.1, 0.15) is 44.1 Å². The molecule has 2 aromatic heterocycles. The van der Waals surface area contributed by atoms with Crippen LogP contribution in [0, 0.1) is 11.8 Å². The first kappa shape index (κ1) is 21.6. The second kappa shape index (κ2) is 8.61. The maximum Gasteiger partial charge on any atom is 0.343 e. The predicted octanol–water partition coefficient (Wildman–Crippen LogP) is 2.90. The topological polar surface area (TPSA) is 102 Å².